The molecule has 0 heterocycles. The van der Waals surface area contributed by atoms with E-state index in [1.807, 2.05) is 0 Å². The summed E-state index contributed by atoms with van der Waals surface area (Å²) in [5.74, 6) is -0.137. The summed E-state index contributed by atoms with van der Waals surface area (Å²) in [6, 6.07) is 4.96. The fourth-order valence-electron chi connectivity index (χ4n) is 0.851. The van der Waals surface area contributed by atoms with Crippen molar-refractivity contribution in [2.45, 2.75) is 13.5 Å². The summed E-state index contributed by atoms with van der Waals surface area (Å²) in [6.07, 6.45) is 0. The molecule has 1 aromatic rings. The quantitative estimate of drug-likeness (QED) is 0.670. The molecular weight excluding hydrogens is 283 g/mol. The molecule has 0 aromatic heterocycles. The van der Waals surface area contributed by atoms with Gasteiger partial charge in [-0.3, -0.25) is 4.79 Å². The second kappa shape index (κ2) is 4.45. The normalized spacial score (nSPS) is 9.69. The smallest absolute Gasteiger partial charge is 0.302 e. The molecule has 1 rings (SSSR count). The molecule has 0 aliphatic heterocycles. The fourth-order valence-corrected chi connectivity index (χ4v) is 1.34. The molecule has 0 spiro atoms. The van der Waals surface area contributed by atoms with Crippen LogP contribution in [0.15, 0.2) is 18.2 Å². The van der Waals surface area contributed by atoms with Crippen molar-refractivity contribution in [1.82, 2.24) is 0 Å². The van der Waals surface area contributed by atoms with Crippen molar-refractivity contribution in [2.24, 2.45) is 0 Å². The van der Waals surface area contributed by atoms with Gasteiger partial charge in [0.15, 0.2) is 0 Å². The van der Waals surface area contributed by atoms with Gasteiger partial charge in [-0.1, -0.05) is 0 Å². The maximum absolute atomic E-state index is 10.5. The Morgan fingerprint density at radius 1 is 1.62 bits per heavy atom. The van der Waals surface area contributed by atoms with E-state index in [1.165, 1.54) is 6.92 Å². The second-order valence-electron chi connectivity index (χ2n) is 2.56. The lowest BCUT2D eigenvalue weighted by atomic mass is 10.2. The number of carbonyl (C=O) groups is 1. The molecule has 0 saturated carbocycles. The SMILES string of the molecule is CC(=O)OCc1cc(O)ccc1I. The van der Waals surface area contributed by atoms with Crippen molar-refractivity contribution in [3.8, 4) is 5.75 Å². The summed E-state index contributed by atoms with van der Waals surface area (Å²) in [4.78, 5) is 10.5. The standard InChI is InChI=1S/C9H9IO3/c1-6(11)13-5-7-4-8(12)2-3-9(7)10/h2-4,12H,5H2,1H3. The first kappa shape index (κ1) is 10.3. The van der Waals surface area contributed by atoms with Gasteiger partial charge in [0.2, 0.25) is 0 Å². The summed E-state index contributed by atoms with van der Waals surface area (Å²) < 4.78 is 5.78. The summed E-state index contributed by atoms with van der Waals surface area (Å²) >= 11 is 2.12. The molecule has 0 atom stereocenters. The first-order valence-corrected chi connectivity index (χ1v) is 4.78. The van der Waals surface area contributed by atoms with Crippen LogP contribution in [0.4, 0.5) is 0 Å². The molecular formula is C9H9IO3. The molecule has 1 N–H and O–H groups in total. The highest BCUT2D eigenvalue weighted by Crippen LogP contribution is 2.18. The number of hydrogen-bond donors (Lipinski definition) is 1. The molecule has 0 amide bonds. The number of phenolic OH excluding ortho intramolecular Hbond substituents is 1. The third-order valence-electron chi connectivity index (χ3n) is 1.46. The molecule has 1 aromatic carbocycles. The van der Waals surface area contributed by atoms with Gasteiger partial charge in [0.25, 0.3) is 0 Å². The fraction of sp³-hybridized carbons (Fsp3) is 0.222. The first-order valence-electron chi connectivity index (χ1n) is 3.70. The highest BCUT2D eigenvalue weighted by Gasteiger charge is 2.02. The van der Waals surface area contributed by atoms with Crippen molar-refractivity contribution in [3.63, 3.8) is 0 Å². The van der Waals surface area contributed by atoms with Gasteiger partial charge in [-0.05, 0) is 40.8 Å². The Hall–Kier alpha value is -0.780. The molecule has 4 heteroatoms. The van der Waals surface area contributed by atoms with E-state index in [0.29, 0.717) is 0 Å². The lowest BCUT2D eigenvalue weighted by Gasteiger charge is -2.04. The first-order chi connectivity index (χ1) is 6.09. The van der Waals surface area contributed by atoms with E-state index in [2.05, 4.69) is 22.6 Å². The Balaban J connectivity index is 2.75. The Morgan fingerprint density at radius 3 is 2.92 bits per heavy atom. The van der Waals surface area contributed by atoms with Gasteiger partial charge >= 0.3 is 5.97 Å². The number of phenols is 1. The zero-order chi connectivity index (χ0) is 9.84. The molecule has 13 heavy (non-hydrogen) atoms. The molecule has 0 bridgehead atoms. The summed E-state index contributed by atoms with van der Waals surface area (Å²) in [5.41, 5.74) is 0.816. The van der Waals surface area contributed by atoms with E-state index in [0.717, 1.165) is 9.13 Å². The Labute approximate surface area is 89.9 Å². The predicted molar refractivity (Wildman–Crippen MR) is 56.3 cm³/mol. The van der Waals surface area contributed by atoms with Crippen molar-refractivity contribution >= 4 is 28.6 Å². The lowest BCUT2D eigenvalue weighted by Crippen LogP contribution is -2.00. The Morgan fingerprint density at radius 2 is 2.31 bits per heavy atom. The van der Waals surface area contributed by atoms with Crippen LogP contribution in [0, 0.1) is 3.57 Å². The molecule has 0 aliphatic carbocycles. The van der Waals surface area contributed by atoms with Crippen LogP contribution in [0.25, 0.3) is 0 Å². The van der Waals surface area contributed by atoms with Gasteiger partial charge in [0.1, 0.15) is 12.4 Å². The van der Waals surface area contributed by atoms with Gasteiger partial charge < -0.3 is 9.84 Å². The van der Waals surface area contributed by atoms with Crippen LogP contribution in [-0.2, 0) is 16.1 Å². The van der Waals surface area contributed by atoms with Crippen LogP contribution >= 0.6 is 22.6 Å². The van der Waals surface area contributed by atoms with Crippen molar-refractivity contribution in [3.05, 3.63) is 27.3 Å². The highest BCUT2D eigenvalue weighted by molar-refractivity contribution is 14.1. The molecule has 0 radical (unpaired) electrons. The summed E-state index contributed by atoms with van der Waals surface area (Å²) in [5, 5.41) is 9.16. The number of rotatable bonds is 2. The number of halogens is 1. The van der Waals surface area contributed by atoms with Crippen LogP contribution in [0.5, 0.6) is 5.75 Å². The van der Waals surface area contributed by atoms with E-state index in [-0.39, 0.29) is 18.3 Å². The topological polar surface area (TPSA) is 46.5 Å². The minimum atomic E-state index is -0.320. The van der Waals surface area contributed by atoms with Gasteiger partial charge in [-0.15, -0.1) is 0 Å². The van der Waals surface area contributed by atoms with Crippen molar-refractivity contribution in [1.29, 1.82) is 0 Å². The van der Waals surface area contributed by atoms with Gasteiger partial charge in [-0.2, -0.15) is 0 Å². The number of hydrogen-bond acceptors (Lipinski definition) is 3. The zero-order valence-corrected chi connectivity index (χ0v) is 9.24. The third-order valence-corrected chi connectivity index (χ3v) is 2.51. The number of ether oxygens (including phenoxy) is 1. The van der Waals surface area contributed by atoms with Crippen LogP contribution in [0.2, 0.25) is 0 Å². The van der Waals surface area contributed by atoms with Crippen LogP contribution < -0.4 is 0 Å². The maximum Gasteiger partial charge on any atom is 0.302 e. The number of aromatic hydroxyl groups is 1. The molecule has 0 saturated heterocycles. The van der Waals surface area contributed by atoms with Gasteiger partial charge in [-0.25, -0.2) is 0 Å². The number of carbonyl (C=O) groups excluding carboxylic acids is 1. The summed E-state index contributed by atoms with van der Waals surface area (Å²) in [7, 11) is 0. The molecule has 0 unspecified atom stereocenters. The Bertz CT molecular complexity index is 323. The predicted octanol–water partition coefficient (Wildman–Crippen LogP) is 2.06. The average molecular weight is 292 g/mol. The minimum Gasteiger partial charge on any atom is -0.508 e. The van der Waals surface area contributed by atoms with Crippen molar-refractivity contribution in [2.75, 3.05) is 0 Å². The molecule has 3 nitrogen and oxygen atoms in total. The van der Waals surface area contributed by atoms with Crippen molar-refractivity contribution < 1.29 is 14.6 Å². The molecule has 0 fully saturated rings. The minimum absolute atomic E-state index is 0.183. The number of benzene rings is 1. The number of esters is 1. The molecule has 70 valence electrons. The molecule has 0 aliphatic rings. The van der Waals surface area contributed by atoms with Crippen LogP contribution in [0.3, 0.4) is 0 Å². The van der Waals surface area contributed by atoms with E-state index >= 15 is 0 Å². The lowest BCUT2D eigenvalue weighted by molar-refractivity contribution is -0.142. The van der Waals surface area contributed by atoms with E-state index in [1.54, 1.807) is 18.2 Å². The van der Waals surface area contributed by atoms with Gasteiger partial charge in [0.05, 0.1) is 0 Å². The second-order valence-corrected chi connectivity index (χ2v) is 3.72. The van der Waals surface area contributed by atoms with Gasteiger partial charge in [0, 0.05) is 16.1 Å². The van der Waals surface area contributed by atoms with E-state index in [9.17, 15) is 4.79 Å². The maximum atomic E-state index is 10.5. The monoisotopic (exact) mass is 292 g/mol. The largest absolute Gasteiger partial charge is 0.508 e. The zero-order valence-electron chi connectivity index (χ0n) is 7.08. The van der Waals surface area contributed by atoms with Crippen LogP contribution in [0.1, 0.15) is 12.5 Å². The third kappa shape index (κ3) is 3.22. The van der Waals surface area contributed by atoms with E-state index in [4.69, 9.17) is 9.84 Å². The average Bonchev–Trinajstić information content (AvgIpc) is 2.06. The Kier molecular flexibility index (Phi) is 3.53. The van der Waals surface area contributed by atoms with E-state index < -0.39 is 0 Å². The summed E-state index contributed by atoms with van der Waals surface area (Å²) in [6.45, 7) is 1.57. The highest BCUT2D eigenvalue weighted by atomic mass is 127. The van der Waals surface area contributed by atoms with Crippen LogP contribution in [-0.4, -0.2) is 11.1 Å².